The van der Waals surface area contributed by atoms with Crippen molar-refractivity contribution in [3.8, 4) is 5.88 Å². The Balaban J connectivity index is 0.000000302. The van der Waals surface area contributed by atoms with Gasteiger partial charge in [0, 0.05) is 25.9 Å². The number of hydrogen-bond donors (Lipinski definition) is 1. The number of halogens is 3. The van der Waals surface area contributed by atoms with Crippen LogP contribution in [0, 0.1) is 25.7 Å². The Morgan fingerprint density at radius 3 is 1.79 bits per heavy atom. The summed E-state index contributed by atoms with van der Waals surface area (Å²) < 4.78 is 63.7. The SMILES string of the molecule is C.Cc1cc(OS(=O)(=O)C(F)(F)F)n(C)n1.Cc1cc(SCC2CCCCC2)n(C)n1.SCC1CCCCC1. The number of rotatable bonds is 6. The summed E-state index contributed by atoms with van der Waals surface area (Å²) in [5.74, 6) is 3.80. The van der Waals surface area contributed by atoms with Crippen LogP contribution in [0.5, 0.6) is 5.88 Å². The third-order valence-corrected chi connectivity index (χ3v) is 9.36. The number of nitrogens with zero attached hydrogens (tertiary/aromatic N) is 4. The second kappa shape index (κ2) is 16.8. The zero-order chi connectivity index (χ0) is 28.3. The van der Waals surface area contributed by atoms with Gasteiger partial charge < -0.3 is 4.18 Å². The quantitative estimate of drug-likeness (QED) is 0.157. The molecule has 226 valence electrons. The molecule has 0 amide bonds. The van der Waals surface area contributed by atoms with Gasteiger partial charge in [-0.2, -0.15) is 44.4 Å². The van der Waals surface area contributed by atoms with E-state index in [2.05, 4.69) is 40.0 Å². The molecule has 0 saturated heterocycles. The molecule has 4 rings (SSSR count). The Kier molecular flexibility index (Phi) is 15.4. The van der Waals surface area contributed by atoms with Crippen LogP contribution in [0.2, 0.25) is 0 Å². The molecule has 2 saturated carbocycles. The Bertz CT molecular complexity index is 1080. The first-order valence-corrected chi connectivity index (χ1v) is 16.1. The van der Waals surface area contributed by atoms with E-state index in [1.807, 2.05) is 23.5 Å². The number of thiol groups is 1. The summed E-state index contributed by atoms with van der Waals surface area (Å²) >= 11 is 6.24. The molecule has 13 heteroatoms. The minimum absolute atomic E-state index is 0. The molecule has 0 aromatic carbocycles. The van der Waals surface area contributed by atoms with E-state index in [9.17, 15) is 21.6 Å². The molecule has 0 atom stereocenters. The number of aryl methyl sites for hydroxylation is 4. The van der Waals surface area contributed by atoms with Gasteiger partial charge in [0.05, 0.1) is 16.4 Å². The molecule has 39 heavy (non-hydrogen) atoms. The molecule has 0 spiro atoms. The molecule has 0 aliphatic heterocycles. The molecule has 2 fully saturated rings. The molecule has 0 radical (unpaired) electrons. The lowest BCUT2D eigenvalue weighted by Crippen LogP contribution is -2.28. The molecule has 2 aliphatic rings. The zero-order valence-corrected chi connectivity index (χ0v) is 25.2. The van der Waals surface area contributed by atoms with Crippen LogP contribution in [-0.4, -0.2) is 45.0 Å². The van der Waals surface area contributed by atoms with Crippen LogP contribution in [-0.2, 0) is 24.2 Å². The first-order valence-electron chi connectivity index (χ1n) is 13.1. The van der Waals surface area contributed by atoms with E-state index in [1.54, 1.807) is 0 Å². The Labute approximate surface area is 242 Å². The number of hydrogen-bond acceptors (Lipinski definition) is 7. The summed E-state index contributed by atoms with van der Waals surface area (Å²) in [4.78, 5) is 0. The van der Waals surface area contributed by atoms with E-state index in [1.165, 1.54) is 89.0 Å². The monoisotopic (exact) mass is 614 g/mol. The molecular formula is C26H45F3N4O3S3. The van der Waals surface area contributed by atoms with Crippen molar-refractivity contribution in [3.05, 3.63) is 23.5 Å². The normalized spacial score (nSPS) is 16.8. The topological polar surface area (TPSA) is 79.0 Å². The van der Waals surface area contributed by atoms with Crippen molar-refractivity contribution in [2.75, 3.05) is 11.5 Å². The fourth-order valence-corrected chi connectivity index (χ4v) is 6.53. The average Bonchev–Trinajstić information content (AvgIpc) is 3.36. The highest BCUT2D eigenvalue weighted by Gasteiger charge is 2.49. The van der Waals surface area contributed by atoms with E-state index in [4.69, 9.17) is 0 Å². The second-order valence-corrected chi connectivity index (χ2v) is 12.9. The standard InChI is InChI=1S/C12H20N2S.C7H14S.C6H7F3N2O3S.CH4/c1-10-8-12(14(2)13-10)15-9-11-6-4-3-5-7-11;8-6-7-4-2-1-3-5-7;1-4-3-5(11(2)10-4)14-15(12,13)6(7,8)9;/h8,11H,3-7,9H2,1-2H3;7-8H,1-6H2;3H,1-2H3;1H4. The van der Waals surface area contributed by atoms with Gasteiger partial charge in [-0.3, -0.25) is 4.68 Å². The first kappa shape index (κ1) is 35.7. The van der Waals surface area contributed by atoms with Gasteiger partial charge in [0.1, 0.15) is 0 Å². The number of alkyl halides is 3. The summed E-state index contributed by atoms with van der Waals surface area (Å²) in [5, 5.41) is 9.33. The minimum Gasteiger partial charge on any atom is -0.356 e. The van der Waals surface area contributed by atoms with Crippen LogP contribution in [0.25, 0.3) is 0 Å². The van der Waals surface area contributed by atoms with Crippen molar-refractivity contribution in [1.82, 2.24) is 19.6 Å². The summed E-state index contributed by atoms with van der Waals surface area (Å²) in [6.07, 6.45) is 14.4. The van der Waals surface area contributed by atoms with Crippen LogP contribution in [0.4, 0.5) is 13.2 Å². The average molecular weight is 615 g/mol. The third kappa shape index (κ3) is 12.4. The first-order chi connectivity index (χ1) is 17.8. The highest BCUT2D eigenvalue weighted by atomic mass is 32.2. The van der Waals surface area contributed by atoms with Gasteiger partial charge in [-0.25, -0.2) is 4.68 Å². The van der Waals surface area contributed by atoms with Crippen molar-refractivity contribution in [2.24, 2.45) is 25.9 Å². The van der Waals surface area contributed by atoms with Crippen LogP contribution in [0.15, 0.2) is 17.2 Å². The Morgan fingerprint density at radius 2 is 1.41 bits per heavy atom. The predicted molar refractivity (Wildman–Crippen MR) is 156 cm³/mol. The summed E-state index contributed by atoms with van der Waals surface area (Å²) in [6.45, 7) is 3.55. The van der Waals surface area contributed by atoms with Crippen LogP contribution < -0.4 is 4.18 Å². The van der Waals surface area contributed by atoms with Gasteiger partial charge in [-0.15, -0.1) is 11.8 Å². The predicted octanol–water partition coefficient (Wildman–Crippen LogP) is 7.49. The van der Waals surface area contributed by atoms with Crippen molar-refractivity contribution in [2.45, 2.75) is 96.0 Å². The maximum absolute atomic E-state index is 11.9. The lowest BCUT2D eigenvalue weighted by molar-refractivity contribution is -0.0502. The van der Waals surface area contributed by atoms with Crippen LogP contribution in [0.3, 0.4) is 0 Å². The largest absolute Gasteiger partial charge is 0.534 e. The fraction of sp³-hybridized carbons (Fsp3) is 0.769. The molecule has 0 unspecified atom stereocenters. The van der Waals surface area contributed by atoms with Crippen LogP contribution in [0.1, 0.15) is 83.0 Å². The van der Waals surface area contributed by atoms with Crippen molar-refractivity contribution < 1.29 is 25.8 Å². The highest BCUT2D eigenvalue weighted by Crippen LogP contribution is 2.30. The van der Waals surface area contributed by atoms with E-state index in [-0.39, 0.29) is 7.43 Å². The highest BCUT2D eigenvalue weighted by molar-refractivity contribution is 7.99. The Hall–Kier alpha value is -1.34. The molecule has 2 heterocycles. The zero-order valence-electron chi connectivity index (χ0n) is 22.7. The molecule has 0 bridgehead atoms. The lowest BCUT2D eigenvalue weighted by atomic mass is 9.91. The molecule has 2 aromatic heterocycles. The summed E-state index contributed by atoms with van der Waals surface area (Å²) in [5.41, 5.74) is -3.96. The van der Waals surface area contributed by atoms with E-state index in [0.29, 0.717) is 5.69 Å². The summed E-state index contributed by atoms with van der Waals surface area (Å²) in [6, 6.07) is 3.27. The van der Waals surface area contributed by atoms with Gasteiger partial charge in [0.25, 0.3) is 0 Å². The van der Waals surface area contributed by atoms with Gasteiger partial charge in [-0.1, -0.05) is 46.0 Å². The van der Waals surface area contributed by atoms with Crippen LogP contribution >= 0.6 is 24.4 Å². The molecule has 0 N–H and O–H groups in total. The van der Waals surface area contributed by atoms with Gasteiger partial charge in [0.2, 0.25) is 5.88 Å². The van der Waals surface area contributed by atoms with Gasteiger partial charge in [-0.05, 0) is 63.2 Å². The van der Waals surface area contributed by atoms with Gasteiger partial charge in [0.15, 0.2) is 0 Å². The second-order valence-electron chi connectivity index (χ2n) is 9.98. The van der Waals surface area contributed by atoms with Crippen molar-refractivity contribution in [3.63, 3.8) is 0 Å². The maximum atomic E-state index is 11.9. The lowest BCUT2D eigenvalue weighted by Gasteiger charge is -2.20. The molecule has 2 aliphatic carbocycles. The maximum Gasteiger partial charge on any atom is 0.534 e. The van der Waals surface area contributed by atoms with E-state index in [0.717, 1.165) is 34.0 Å². The van der Waals surface area contributed by atoms with E-state index < -0.39 is 21.5 Å². The molecular weight excluding hydrogens is 570 g/mol. The third-order valence-electron chi connectivity index (χ3n) is 6.57. The number of thioether (sulfide) groups is 1. The summed E-state index contributed by atoms with van der Waals surface area (Å²) in [7, 11) is -2.31. The number of aromatic nitrogens is 4. The van der Waals surface area contributed by atoms with Crippen molar-refractivity contribution in [1.29, 1.82) is 0 Å². The molecule has 2 aromatic rings. The van der Waals surface area contributed by atoms with Gasteiger partial charge >= 0.3 is 15.6 Å². The van der Waals surface area contributed by atoms with Crippen molar-refractivity contribution >= 4 is 34.5 Å². The Morgan fingerprint density at radius 1 is 0.923 bits per heavy atom. The molecule has 7 nitrogen and oxygen atoms in total. The minimum atomic E-state index is -5.62. The van der Waals surface area contributed by atoms with E-state index >= 15 is 0 Å². The smallest absolute Gasteiger partial charge is 0.356 e. The fourth-order valence-electron chi connectivity index (χ4n) is 4.47.